The number of aliphatic imine (C=N–C) groups is 1. The van der Waals surface area contributed by atoms with Crippen LogP contribution in [0.2, 0.25) is 5.02 Å². The molecule has 2 heterocycles. The number of guanidine groups is 1. The van der Waals surface area contributed by atoms with Gasteiger partial charge < -0.3 is 4.90 Å². The third-order valence-electron chi connectivity index (χ3n) is 4.45. The molecule has 0 unspecified atom stereocenters. The molecule has 0 atom stereocenters. The van der Waals surface area contributed by atoms with Crippen LogP contribution in [0.15, 0.2) is 53.2 Å². The van der Waals surface area contributed by atoms with E-state index in [2.05, 4.69) is 11.9 Å². The molecule has 0 fully saturated rings. The van der Waals surface area contributed by atoms with Gasteiger partial charge in [0.25, 0.3) is 11.6 Å². The summed E-state index contributed by atoms with van der Waals surface area (Å²) in [4.78, 5) is 31.1. The molecule has 0 saturated heterocycles. The molecule has 1 amide bonds. The molecule has 2 aromatic rings. The third-order valence-corrected chi connectivity index (χ3v) is 4.79. The number of para-hydroxylation sites is 2. The van der Waals surface area contributed by atoms with Crippen molar-refractivity contribution in [3.63, 3.8) is 0 Å². The Morgan fingerprint density at radius 2 is 1.96 bits per heavy atom. The first-order valence-corrected chi connectivity index (χ1v) is 8.84. The lowest BCUT2D eigenvalue weighted by Crippen LogP contribution is -2.35. The topological polar surface area (TPSA) is 79.0 Å². The highest BCUT2D eigenvalue weighted by Crippen LogP contribution is 2.42. The van der Waals surface area contributed by atoms with Gasteiger partial charge in [0.05, 0.1) is 16.3 Å². The van der Waals surface area contributed by atoms with E-state index in [0.29, 0.717) is 22.2 Å². The van der Waals surface area contributed by atoms with E-state index in [4.69, 9.17) is 11.6 Å². The Hall–Kier alpha value is -3.19. The molecule has 27 heavy (non-hydrogen) atoms. The van der Waals surface area contributed by atoms with E-state index in [9.17, 15) is 14.9 Å². The van der Waals surface area contributed by atoms with Crippen LogP contribution in [0, 0.1) is 10.1 Å². The van der Waals surface area contributed by atoms with Gasteiger partial charge >= 0.3 is 0 Å². The first-order valence-electron chi connectivity index (χ1n) is 8.46. The fourth-order valence-electron chi connectivity index (χ4n) is 3.28. The summed E-state index contributed by atoms with van der Waals surface area (Å²) in [5.41, 5.74) is 2.45. The average Bonchev–Trinajstić information content (AvgIpc) is 3.12. The molecule has 0 radical (unpaired) electrons. The van der Waals surface area contributed by atoms with E-state index in [-0.39, 0.29) is 5.69 Å². The van der Waals surface area contributed by atoms with Crippen LogP contribution in [0.4, 0.5) is 17.1 Å². The quantitative estimate of drug-likeness (QED) is 0.449. The van der Waals surface area contributed by atoms with Crippen molar-refractivity contribution in [2.45, 2.75) is 13.3 Å². The van der Waals surface area contributed by atoms with Gasteiger partial charge in [0.15, 0.2) is 0 Å². The van der Waals surface area contributed by atoms with E-state index in [1.165, 1.54) is 18.2 Å². The van der Waals surface area contributed by atoms with Gasteiger partial charge in [-0.25, -0.2) is 0 Å². The number of carbonyl (C=O) groups excluding carboxylic acids is 1. The summed E-state index contributed by atoms with van der Waals surface area (Å²) in [6.07, 6.45) is 2.45. The predicted octanol–water partition coefficient (Wildman–Crippen LogP) is 4.22. The molecular weight excluding hydrogens is 368 g/mol. The first kappa shape index (κ1) is 17.2. The fraction of sp³-hybridized carbons (Fsp3) is 0.158. The molecule has 8 heteroatoms. The molecule has 0 aromatic heterocycles. The van der Waals surface area contributed by atoms with Gasteiger partial charge in [-0.1, -0.05) is 30.7 Å². The van der Waals surface area contributed by atoms with Crippen LogP contribution in [0.25, 0.3) is 6.08 Å². The predicted molar refractivity (Wildman–Crippen MR) is 105 cm³/mol. The van der Waals surface area contributed by atoms with Crippen molar-refractivity contribution in [3.05, 3.63) is 68.9 Å². The van der Waals surface area contributed by atoms with Gasteiger partial charge in [-0.3, -0.25) is 19.8 Å². The molecule has 0 N–H and O–H groups in total. The number of amides is 1. The third kappa shape index (κ3) is 2.76. The van der Waals surface area contributed by atoms with Gasteiger partial charge in [-0.15, -0.1) is 0 Å². The second-order valence-electron chi connectivity index (χ2n) is 6.19. The first-order chi connectivity index (χ1) is 13.0. The zero-order valence-corrected chi connectivity index (χ0v) is 15.2. The number of hydrogen-bond donors (Lipinski definition) is 0. The molecular formula is C19H15ClN4O3. The van der Waals surface area contributed by atoms with E-state index in [1.807, 2.05) is 29.2 Å². The highest BCUT2D eigenvalue weighted by atomic mass is 35.5. The summed E-state index contributed by atoms with van der Waals surface area (Å²) in [5.74, 6) is 0.152. The van der Waals surface area contributed by atoms with Crippen LogP contribution in [0.3, 0.4) is 0 Å². The Balaban J connectivity index is 1.83. The van der Waals surface area contributed by atoms with Crippen molar-refractivity contribution in [1.82, 2.24) is 0 Å². The number of hydrogen-bond acceptors (Lipinski definition) is 5. The smallest absolute Gasteiger partial charge is 0.297 e. The number of nitrogens with zero attached hydrogens (tertiary/aromatic N) is 4. The number of nitro benzene ring substituents is 1. The van der Waals surface area contributed by atoms with Crippen molar-refractivity contribution >= 4 is 46.6 Å². The zero-order chi connectivity index (χ0) is 19.1. The van der Waals surface area contributed by atoms with Gasteiger partial charge in [0.2, 0.25) is 5.96 Å². The highest BCUT2D eigenvalue weighted by Gasteiger charge is 2.41. The number of nitro groups is 1. The minimum atomic E-state index is -0.495. The number of halogens is 1. The standard InChI is InChI=1S/C19H15ClN4O3/c1-2-9-22-15-5-3-4-6-16(15)23-17(18(25)21-19(22)23)11-12-10-13(24(26)27)7-8-14(12)20/h3-8,10-11H,2,9H2,1H3/b17-11+. The summed E-state index contributed by atoms with van der Waals surface area (Å²) in [6, 6.07) is 11.9. The maximum atomic E-state index is 12.6. The molecule has 0 saturated carbocycles. The van der Waals surface area contributed by atoms with Crippen LogP contribution < -0.4 is 9.80 Å². The number of fused-ring (bicyclic) bond motifs is 3. The maximum absolute atomic E-state index is 12.6. The zero-order valence-electron chi connectivity index (χ0n) is 14.4. The Labute approximate surface area is 160 Å². The van der Waals surface area contributed by atoms with Gasteiger partial charge in [0, 0.05) is 29.3 Å². The minimum Gasteiger partial charge on any atom is -0.310 e. The van der Waals surface area contributed by atoms with E-state index < -0.39 is 10.8 Å². The van der Waals surface area contributed by atoms with E-state index in [1.54, 1.807) is 11.0 Å². The second-order valence-corrected chi connectivity index (χ2v) is 6.59. The SMILES string of the molecule is CCCN1C2=NC(=O)/C(=C\c3cc([N+](=O)[O-])ccc3Cl)N2c2ccccc21. The maximum Gasteiger partial charge on any atom is 0.297 e. The molecule has 0 aliphatic carbocycles. The molecule has 2 aliphatic rings. The fourth-order valence-corrected chi connectivity index (χ4v) is 3.45. The van der Waals surface area contributed by atoms with Gasteiger partial charge in [0.1, 0.15) is 5.70 Å². The van der Waals surface area contributed by atoms with Crippen LogP contribution in [0.1, 0.15) is 18.9 Å². The van der Waals surface area contributed by atoms with Crippen molar-refractivity contribution in [3.8, 4) is 0 Å². The molecule has 136 valence electrons. The molecule has 4 rings (SSSR count). The monoisotopic (exact) mass is 382 g/mol. The largest absolute Gasteiger partial charge is 0.310 e. The lowest BCUT2D eigenvalue weighted by Gasteiger charge is -2.18. The van der Waals surface area contributed by atoms with Gasteiger partial charge in [-0.2, -0.15) is 4.99 Å². The Kier molecular flexibility index (Phi) is 4.16. The van der Waals surface area contributed by atoms with Crippen molar-refractivity contribution in [2.75, 3.05) is 16.3 Å². The summed E-state index contributed by atoms with van der Waals surface area (Å²) in [5, 5.41) is 11.4. The molecule has 2 aromatic carbocycles. The lowest BCUT2D eigenvalue weighted by atomic mass is 10.1. The van der Waals surface area contributed by atoms with Crippen LogP contribution >= 0.6 is 11.6 Å². The Bertz CT molecular complexity index is 1030. The molecule has 0 spiro atoms. The minimum absolute atomic E-state index is 0.0905. The summed E-state index contributed by atoms with van der Waals surface area (Å²) < 4.78 is 0. The van der Waals surface area contributed by atoms with Crippen molar-refractivity contribution in [2.24, 2.45) is 4.99 Å². The summed E-state index contributed by atoms with van der Waals surface area (Å²) in [6.45, 7) is 2.78. The number of rotatable bonds is 4. The van der Waals surface area contributed by atoms with Crippen LogP contribution in [-0.4, -0.2) is 23.3 Å². The number of benzene rings is 2. The highest BCUT2D eigenvalue weighted by molar-refractivity contribution is 6.33. The number of non-ortho nitro benzene ring substituents is 1. The van der Waals surface area contributed by atoms with Crippen LogP contribution in [-0.2, 0) is 4.79 Å². The molecule has 0 bridgehead atoms. The van der Waals surface area contributed by atoms with Gasteiger partial charge in [-0.05, 0) is 30.7 Å². The second kappa shape index (κ2) is 6.51. The van der Waals surface area contributed by atoms with Crippen molar-refractivity contribution in [1.29, 1.82) is 0 Å². The number of anilines is 2. The lowest BCUT2D eigenvalue weighted by molar-refractivity contribution is -0.384. The Morgan fingerprint density at radius 3 is 2.67 bits per heavy atom. The average molecular weight is 383 g/mol. The van der Waals surface area contributed by atoms with Crippen molar-refractivity contribution < 1.29 is 9.72 Å². The number of carbonyl (C=O) groups is 1. The normalized spacial score (nSPS) is 16.6. The van der Waals surface area contributed by atoms with E-state index >= 15 is 0 Å². The summed E-state index contributed by atoms with van der Waals surface area (Å²) in [7, 11) is 0. The Morgan fingerprint density at radius 1 is 1.22 bits per heavy atom. The molecule has 2 aliphatic heterocycles. The summed E-state index contributed by atoms with van der Waals surface area (Å²) >= 11 is 6.20. The van der Waals surface area contributed by atoms with E-state index in [0.717, 1.165) is 24.3 Å². The van der Waals surface area contributed by atoms with Crippen LogP contribution in [0.5, 0.6) is 0 Å². The molecule has 7 nitrogen and oxygen atoms in total.